The van der Waals surface area contributed by atoms with Gasteiger partial charge in [0.15, 0.2) is 11.5 Å². The lowest BCUT2D eigenvalue weighted by Gasteiger charge is -2.28. The molecule has 1 aliphatic rings. The highest BCUT2D eigenvalue weighted by atomic mass is 16.5. The minimum absolute atomic E-state index is 0.0352. The van der Waals surface area contributed by atoms with E-state index >= 15 is 0 Å². The monoisotopic (exact) mass is 408 g/mol. The summed E-state index contributed by atoms with van der Waals surface area (Å²) in [5.74, 6) is -0.378. The number of nitrogens with one attached hydrogen (secondary N) is 1. The van der Waals surface area contributed by atoms with Crippen molar-refractivity contribution in [1.82, 2.24) is 5.32 Å². The summed E-state index contributed by atoms with van der Waals surface area (Å²) in [4.78, 5) is 39.0. The summed E-state index contributed by atoms with van der Waals surface area (Å²) in [6.45, 7) is 5.74. The SMILES string of the molecule is CCc1ccccc1N1C(=O)NC(=O)/C(=C/c2ccc(OC(C)C)c(OC)c2)C1=O. The second kappa shape index (κ2) is 8.82. The number of urea groups is 1. The molecule has 0 unspecified atom stereocenters. The lowest BCUT2D eigenvalue weighted by Crippen LogP contribution is -2.54. The molecule has 1 N–H and O–H groups in total. The van der Waals surface area contributed by atoms with Crippen LogP contribution >= 0.6 is 0 Å². The van der Waals surface area contributed by atoms with E-state index in [0.717, 1.165) is 10.5 Å². The van der Waals surface area contributed by atoms with Gasteiger partial charge in [-0.3, -0.25) is 14.9 Å². The van der Waals surface area contributed by atoms with E-state index in [1.54, 1.807) is 30.3 Å². The van der Waals surface area contributed by atoms with E-state index in [2.05, 4.69) is 5.32 Å². The third-order valence-corrected chi connectivity index (χ3v) is 4.58. The zero-order valence-corrected chi connectivity index (χ0v) is 17.4. The van der Waals surface area contributed by atoms with Crippen molar-refractivity contribution in [1.29, 1.82) is 0 Å². The fraction of sp³-hybridized carbons (Fsp3) is 0.261. The van der Waals surface area contributed by atoms with Gasteiger partial charge >= 0.3 is 6.03 Å². The van der Waals surface area contributed by atoms with E-state index in [0.29, 0.717) is 29.2 Å². The Bertz CT molecular complexity index is 1030. The zero-order valence-electron chi connectivity index (χ0n) is 17.4. The van der Waals surface area contributed by atoms with Crippen LogP contribution in [0.5, 0.6) is 11.5 Å². The predicted octanol–water partition coefficient (Wildman–Crippen LogP) is 3.71. The van der Waals surface area contributed by atoms with Crippen LogP contribution in [0.25, 0.3) is 6.08 Å². The summed E-state index contributed by atoms with van der Waals surface area (Å²) in [6, 6.07) is 11.4. The van der Waals surface area contributed by atoms with Gasteiger partial charge in [0.05, 0.1) is 18.9 Å². The first-order valence-corrected chi connectivity index (χ1v) is 9.69. The number of carbonyl (C=O) groups is 3. The Morgan fingerprint density at radius 2 is 1.80 bits per heavy atom. The summed E-state index contributed by atoms with van der Waals surface area (Å²) in [5.41, 5.74) is 1.71. The van der Waals surface area contributed by atoms with Crippen LogP contribution in [0.1, 0.15) is 31.9 Å². The molecule has 1 saturated heterocycles. The van der Waals surface area contributed by atoms with Gasteiger partial charge < -0.3 is 9.47 Å². The largest absolute Gasteiger partial charge is 0.493 e. The average molecular weight is 408 g/mol. The molecular formula is C23H24N2O5. The van der Waals surface area contributed by atoms with Crippen LogP contribution in [-0.2, 0) is 16.0 Å². The van der Waals surface area contributed by atoms with Crippen LogP contribution in [0.4, 0.5) is 10.5 Å². The Kier molecular flexibility index (Phi) is 6.20. The quantitative estimate of drug-likeness (QED) is 0.582. The molecule has 4 amide bonds. The second-order valence-electron chi connectivity index (χ2n) is 7.02. The molecule has 7 heteroatoms. The van der Waals surface area contributed by atoms with E-state index in [1.807, 2.05) is 32.9 Å². The van der Waals surface area contributed by atoms with Crippen molar-refractivity contribution < 1.29 is 23.9 Å². The predicted molar refractivity (Wildman–Crippen MR) is 114 cm³/mol. The Morgan fingerprint density at radius 3 is 2.47 bits per heavy atom. The lowest BCUT2D eigenvalue weighted by atomic mass is 10.0. The summed E-state index contributed by atoms with van der Waals surface area (Å²) in [6.07, 6.45) is 2.04. The first-order valence-electron chi connectivity index (χ1n) is 9.69. The standard InChI is InChI=1S/C23H24N2O5/c1-5-16-8-6-7-9-18(16)25-22(27)17(21(26)24-23(25)28)12-15-10-11-19(30-14(2)3)20(13-15)29-4/h6-14H,5H2,1-4H3,(H,24,26,28)/b17-12-. The molecule has 3 rings (SSSR count). The molecule has 156 valence electrons. The third-order valence-electron chi connectivity index (χ3n) is 4.58. The number of benzene rings is 2. The van der Waals surface area contributed by atoms with Crippen molar-refractivity contribution >= 4 is 29.6 Å². The van der Waals surface area contributed by atoms with Crippen molar-refractivity contribution in [3.63, 3.8) is 0 Å². The van der Waals surface area contributed by atoms with Crippen LogP contribution in [0.3, 0.4) is 0 Å². The van der Waals surface area contributed by atoms with Crippen LogP contribution in [0.15, 0.2) is 48.0 Å². The van der Waals surface area contributed by atoms with Crippen molar-refractivity contribution in [3.05, 3.63) is 59.2 Å². The van der Waals surface area contributed by atoms with E-state index in [-0.39, 0.29) is 11.7 Å². The molecule has 30 heavy (non-hydrogen) atoms. The van der Waals surface area contributed by atoms with Gasteiger partial charge in [0, 0.05) is 0 Å². The third kappa shape index (κ3) is 4.20. The topological polar surface area (TPSA) is 84.9 Å². The number of nitrogens with zero attached hydrogens (tertiary/aromatic N) is 1. The molecule has 2 aromatic rings. The van der Waals surface area contributed by atoms with Crippen molar-refractivity contribution in [2.24, 2.45) is 0 Å². The Hall–Kier alpha value is -3.61. The summed E-state index contributed by atoms with van der Waals surface area (Å²) in [5, 5.41) is 2.25. The van der Waals surface area contributed by atoms with E-state index in [1.165, 1.54) is 13.2 Å². The first kappa shape index (κ1) is 21.1. The molecule has 1 fully saturated rings. The van der Waals surface area contributed by atoms with E-state index < -0.39 is 17.8 Å². The van der Waals surface area contributed by atoms with E-state index in [9.17, 15) is 14.4 Å². The lowest BCUT2D eigenvalue weighted by molar-refractivity contribution is -0.122. The molecule has 1 heterocycles. The smallest absolute Gasteiger partial charge is 0.335 e. The highest BCUT2D eigenvalue weighted by Crippen LogP contribution is 2.31. The number of aryl methyl sites for hydroxylation is 1. The van der Waals surface area contributed by atoms with Crippen LogP contribution in [-0.4, -0.2) is 31.1 Å². The van der Waals surface area contributed by atoms with E-state index in [4.69, 9.17) is 9.47 Å². The minimum Gasteiger partial charge on any atom is -0.493 e. The normalized spacial score (nSPS) is 15.6. The van der Waals surface area contributed by atoms with Gasteiger partial charge in [-0.2, -0.15) is 0 Å². The van der Waals surface area contributed by atoms with Crippen molar-refractivity contribution in [3.8, 4) is 11.5 Å². The molecule has 1 aliphatic heterocycles. The number of para-hydroxylation sites is 1. The number of imide groups is 2. The highest BCUT2D eigenvalue weighted by molar-refractivity contribution is 6.39. The molecule has 0 radical (unpaired) electrons. The fourth-order valence-electron chi connectivity index (χ4n) is 3.20. The summed E-state index contributed by atoms with van der Waals surface area (Å²) in [7, 11) is 1.51. The Morgan fingerprint density at radius 1 is 1.07 bits per heavy atom. The van der Waals surface area contributed by atoms with Gasteiger partial charge in [-0.05, 0) is 55.7 Å². The van der Waals surface area contributed by atoms with Crippen LogP contribution in [0.2, 0.25) is 0 Å². The number of carbonyl (C=O) groups excluding carboxylic acids is 3. The second-order valence-corrected chi connectivity index (χ2v) is 7.02. The Labute approximate surface area is 175 Å². The van der Waals surface area contributed by atoms with Gasteiger partial charge in [-0.15, -0.1) is 0 Å². The zero-order chi connectivity index (χ0) is 21.8. The number of hydrogen-bond donors (Lipinski definition) is 1. The van der Waals surface area contributed by atoms with Crippen LogP contribution < -0.4 is 19.7 Å². The van der Waals surface area contributed by atoms with Gasteiger partial charge in [0.1, 0.15) is 5.57 Å². The molecule has 0 atom stereocenters. The molecule has 7 nitrogen and oxygen atoms in total. The molecule has 2 aromatic carbocycles. The number of hydrogen-bond acceptors (Lipinski definition) is 5. The number of methoxy groups -OCH3 is 1. The average Bonchev–Trinajstić information content (AvgIpc) is 2.71. The maximum Gasteiger partial charge on any atom is 0.335 e. The maximum absolute atomic E-state index is 13.1. The molecule has 0 aliphatic carbocycles. The maximum atomic E-state index is 13.1. The highest BCUT2D eigenvalue weighted by Gasteiger charge is 2.37. The fourth-order valence-corrected chi connectivity index (χ4v) is 3.20. The molecule has 0 spiro atoms. The summed E-state index contributed by atoms with van der Waals surface area (Å²) < 4.78 is 11.1. The van der Waals surface area contributed by atoms with Crippen molar-refractivity contribution in [2.45, 2.75) is 33.3 Å². The molecule has 0 bridgehead atoms. The first-order chi connectivity index (χ1) is 14.3. The van der Waals surface area contributed by atoms with Gasteiger partial charge in [0.2, 0.25) is 0 Å². The molecule has 0 saturated carbocycles. The molecule has 0 aromatic heterocycles. The number of rotatable bonds is 6. The van der Waals surface area contributed by atoms with Gasteiger partial charge in [0.25, 0.3) is 11.8 Å². The number of ether oxygens (including phenoxy) is 2. The number of amides is 4. The summed E-state index contributed by atoms with van der Waals surface area (Å²) >= 11 is 0. The van der Waals surface area contributed by atoms with Crippen LogP contribution in [0, 0.1) is 0 Å². The molecular weight excluding hydrogens is 384 g/mol. The minimum atomic E-state index is -0.763. The van der Waals surface area contributed by atoms with Gasteiger partial charge in [-0.1, -0.05) is 31.2 Å². The number of anilines is 1. The Balaban J connectivity index is 2.00. The van der Waals surface area contributed by atoms with Crippen molar-refractivity contribution in [2.75, 3.05) is 12.0 Å². The number of barbiturate groups is 1. The van der Waals surface area contributed by atoms with Gasteiger partial charge in [-0.25, -0.2) is 9.69 Å².